The maximum absolute atomic E-state index is 4.84. The first-order valence-electron chi connectivity index (χ1n) is 9.34. The lowest BCUT2D eigenvalue weighted by molar-refractivity contribution is -0.730. The van der Waals surface area contributed by atoms with Crippen molar-refractivity contribution in [2.75, 3.05) is 0 Å². The van der Waals surface area contributed by atoms with E-state index < -0.39 is 0 Å². The number of aromatic nitrogens is 2. The molecule has 1 heterocycles. The molecule has 4 aromatic rings. The average molecular weight is 343 g/mol. The normalized spacial score (nSPS) is 13.0. The first-order valence-corrected chi connectivity index (χ1v) is 9.34. The Morgan fingerprint density at radius 1 is 0.769 bits per heavy atom. The summed E-state index contributed by atoms with van der Waals surface area (Å²) in [5, 5.41) is 5.14. The van der Waals surface area contributed by atoms with Crippen molar-refractivity contribution in [1.82, 2.24) is 4.98 Å². The monoisotopic (exact) mass is 343 g/mol. The number of hydrogen-bond donors (Lipinski definition) is 0. The molecule has 132 valence electrons. The molecule has 0 atom stereocenters. The zero-order chi connectivity index (χ0) is 18.7. The molecule has 0 aliphatic heterocycles. The fourth-order valence-electron chi connectivity index (χ4n) is 4.00. The van der Waals surface area contributed by atoms with Crippen molar-refractivity contribution in [2.24, 2.45) is 0 Å². The predicted molar refractivity (Wildman–Crippen MR) is 111 cm³/mol. The van der Waals surface area contributed by atoms with Gasteiger partial charge >= 0.3 is 0 Å². The van der Waals surface area contributed by atoms with Crippen LogP contribution in [0.15, 0.2) is 54.9 Å². The Morgan fingerprint density at radius 3 is 2.08 bits per heavy atom. The minimum Gasteiger partial charge on any atom is -0.243 e. The second-order valence-corrected chi connectivity index (χ2v) is 9.19. The summed E-state index contributed by atoms with van der Waals surface area (Å²) >= 11 is 0. The molecule has 0 bridgehead atoms. The van der Waals surface area contributed by atoms with Gasteiger partial charge in [0, 0.05) is 26.2 Å². The number of nitrogens with zero attached hydrogens (tertiary/aromatic N) is 2. The number of benzene rings is 3. The van der Waals surface area contributed by atoms with E-state index in [9.17, 15) is 0 Å². The molecule has 2 heteroatoms. The lowest BCUT2D eigenvalue weighted by Crippen LogP contribution is -2.50. The van der Waals surface area contributed by atoms with Gasteiger partial charge in [0.05, 0.1) is 11.6 Å². The number of fused-ring (bicyclic) bond motifs is 6. The van der Waals surface area contributed by atoms with Gasteiger partial charge in [-0.15, -0.1) is 0 Å². The maximum Gasteiger partial charge on any atom is 0.240 e. The number of rotatable bonds is 0. The molecular formula is C24H27N2+. The van der Waals surface area contributed by atoms with Gasteiger partial charge in [-0.2, -0.15) is 4.57 Å². The molecule has 1 aromatic heterocycles. The summed E-state index contributed by atoms with van der Waals surface area (Å²) < 4.78 is 2.39. The van der Waals surface area contributed by atoms with Crippen LogP contribution in [0.2, 0.25) is 0 Å². The van der Waals surface area contributed by atoms with E-state index in [0.717, 1.165) is 5.52 Å². The van der Waals surface area contributed by atoms with Crippen molar-refractivity contribution in [2.45, 2.75) is 52.5 Å². The SMILES string of the molecule is CC(C)(C)c1cccc2c3ccccc3c3ncc[n+](C(C)(C)C)c3c12. The number of hydrogen-bond acceptors (Lipinski definition) is 1. The second-order valence-electron chi connectivity index (χ2n) is 9.19. The predicted octanol–water partition coefficient (Wildman–Crippen LogP) is 5.88. The van der Waals surface area contributed by atoms with Gasteiger partial charge in [0.15, 0.2) is 11.7 Å². The summed E-state index contributed by atoms with van der Waals surface area (Å²) in [6.07, 6.45) is 4.06. The van der Waals surface area contributed by atoms with E-state index in [4.69, 9.17) is 4.98 Å². The Hall–Kier alpha value is -2.48. The second kappa shape index (κ2) is 5.51. The Balaban J connectivity index is 2.42. The molecule has 4 rings (SSSR count). The quantitative estimate of drug-likeness (QED) is 0.288. The van der Waals surface area contributed by atoms with Crippen LogP contribution in [-0.4, -0.2) is 4.98 Å². The van der Waals surface area contributed by atoms with Crippen molar-refractivity contribution in [3.05, 3.63) is 60.4 Å². The molecule has 0 fully saturated rings. The van der Waals surface area contributed by atoms with E-state index in [1.54, 1.807) is 0 Å². The van der Waals surface area contributed by atoms with Crippen molar-refractivity contribution in [1.29, 1.82) is 0 Å². The van der Waals surface area contributed by atoms with Gasteiger partial charge in [0.25, 0.3) is 0 Å². The highest BCUT2D eigenvalue weighted by Gasteiger charge is 2.30. The highest BCUT2D eigenvalue weighted by atomic mass is 15.0. The molecule has 0 saturated carbocycles. The topological polar surface area (TPSA) is 16.8 Å². The van der Waals surface area contributed by atoms with Gasteiger partial charge in [-0.05, 0) is 21.8 Å². The summed E-state index contributed by atoms with van der Waals surface area (Å²) in [7, 11) is 0. The molecule has 3 aromatic carbocycles. The van der Waals surface area contributed by atoms with Crippen LogP contribution in [0.4, 0.5) is 0 Å². The molecule has 0 amide bonds. The maximum atomic E-state index is 4.84. The Bertz CT molecular complexity index is 1050. The summed E-state index contributed by atoms with van der Waals surface area (Å²) in [5.74, 6) is 0. The molecule has 0 N–H and O–H groups in total. The minimum absolute atomic E-state index is 0.0262. The van der Waals surface area contributed by atoms with Gasteiger partial charge in [0.1, 0.15) is 5.52 Å². The standard InChI is InChI=1S/C24H27N2/c1-23(2,3)19-13-9-12-17-16-10-7-8-11-18(16)21-22(20(17)19)26(15-14-25-21)24(4,5)6/h7-15H,1-6H3/q+1. The van der Waals surface area contributed by atoms with Crippen LogP contribution in [0.25, 0.3) is 32.6 Å². The van der Waals surface area contributed by atoms with Crippen LogP contribution < -0.4 is 4.57 Å². The van der Waals surface area contributed by atoms with Crippen LogP contribution in [-0.2, 0) is 11.0 Å². The molecular weight excluding hydrogens is 316 g/mol. The first kappa shape index (κ1) is 17.0. The van der Waals surface area contributed by atoms with Crippen molar-refractivity contribution in [3.63, 3.8) is 0 Å². The molecule has 2 nitrogen and oxygen atoms in total. The van der Waals surface area contributed by atoms with E-state index in [1.807, 2.05) is 6.20 Å². The summed E-state index contributed by atoms with van der Waals surface area (Å²) in [6.45, 7) is 13.6. The van der Waals surface area contributed by atoms with Gasteiger partial charge in [-0.25, -0.2) is 4.98 Å². The van der Waals surface area contributed by atoms with E-state index in [2.05, 4.69) is 94.8 Å². The summed E-state index contributed by atoms with van der Waals surface area (Å²) in [5.41, 5.74) is 3.72. The van der Waals surface area contributed by atoms with Crippen LogP contribution >= 0.6 is 0 Å². The van der Waals surface area contributed by atoms with Crippen LogP contribution in [0.1, 0.15) is 47.1 Å². The van der Waals surface area contributed by atoms with Crippen molar-refractivity contribution >= 4 is 32.6 Å². The highest BCUT2D eigenvalue weighted by Crippen LogP contribution is 2.38. The van der Waals surface area contributed by atoms with E-state index >= 15 is 0 Å². The Labute approximate surface area is 155 Å². The average Bonchev–Trinajstić information content (AvgIpc) is 2.59. The molecule has 0 unspecified atom stereocenters. The third-order valence-corrected chi connectivity index (χ3v) is 5.19. The molecule has 0 aliphatic rings. The zero-order valence-electron chi connectivity index (χ0n) is 16.6. The Morgan fingerprint density at radius 2 is 1.42 bits per heavy atom. The third-order valence-electron chi connectivity index (χ3n) is 5.19. The summed E-state index contributed by atoms with van der Waals surface area (Å²) in [6, 6.07) is 15.4. The molecule has 26 heavy (non-hydrogen) atoms. The Kier molecular flexibility index (Phi) is 3.59. The molecule has 0 aliphatic carbocycles. The highest BCUT2D eigenvalue weighted by molar-refractivity contribution is 6.23. The largest absolute Gasteiger partial charge is 0.243 e. The minimum atomic E-state index is -0.0262. The first-order chi connectivity index (χ1) is 12.2. The summed E-state index contributed by atoms with van der Waals surface area (Å²) in [4.78, 5) is 4.84. The zero-order valence-corrected chi connectivity index (χ0v) is 16.6. The smallest absolute Gasteiger partial charge is 0.240 e. The van der Waals surface area contributed by atoms with Crippen LogP contribution in [0.5, 0.6) is 0 Å². The van der Waals surface area contributed by atoms with Gasteiger partial charge in [0.2, 0.25) is 5.52 Å². The fourth-order valence-corrected chi connectivity index (χ4v) is 4.00. The van der Waals surface area contributed by atoms with E-state index in [0.29, 0.717) is 0 Å². The molecule has 0 radical (unpaired) electrons. The van der Waals surface area contributed by atoms with Crippen molar-refractivity contribution < 1.29 is 4.57 Å². The fraction of sp³-hybridized carbons (Fsp3) is 0.333. The van der Waals surface area contributed by atoms with Crippen LogP contribution in [0.3, 0.4) is 0 Å². The third kappa shape index (κ3) is 2.47. The molecule has 0 saturated heterocycles. The van der Waals surface area contributed by atoms with Crippen molar-refractivity contribution in [3.8, 4) is 0 Å². The van der Waals surface area contributed by atoms with E-state index in [-0.39, 0.29) is 11.0 Å². The van der Waals surface area contributed by atoms with Crippen LogP contribution in [0, 0.1) is 0 Å². The van der Waals surface area contributed by atoms with Gasteiger partial charge in [-0.3, -0.25) is 0 Å². The lowest BCUT2D eigenvalue weighted by Gasteiger charge is -2.23. The molecule has 0 spiro atoms. The van der Waals surface area contributed by atoms with Gasteiger partial charge < -0.3 is 0 Å². The van der Waals surface area contributed by atoms with E-state index in [1.165, 1.54) is 32.6 Å². The lowest BCUT2D eigenvalue weighted by atomic mass is 9.82. The van der Waals surface area contributed by atoms with Gasteiger partial charge in [-0.1, -0.05) is 63.2 Å².